The summed E-state index contributed by atoms with van der Waals surface area (Å²) >= 11 is 3.26. The van der Waals surface area contributed by atoms with Crippen LogP contribution >= 0.6 is 23.1 Å². The summed E-state index contributed by atoms with van der Waals surface area (Å²) in [5, 5.41) is 6.98. The molecule has 0 aliphatic heterocycles. The van der Waals surface area contributed by atoms with E-state index in [2.05, 4.69) is 28.2 Å². The molecule has 0 fully saturated rings. The SMILES string of the molecule is CCSc1cc(C)sc1-c1nc2cc(C(F)(F)F)nnc2n1C. The maximum absolute atomic E-state index is 12.8. The van der Waals surface area contributed by atoms with Crippen molar-refractivity contribution in [3.8, 4) is 10.7 Å². The zero-order valence-electron chi connectivity index (χ0n) is 12.6. The van der Waals surface area contributed by atoms with Gasteiger partial charge in [-0.2, -0.15) is 13.2 Å². The first-order chi connectivity index (χ1) is 10.8. The highest BCUT2D eigenvalue weighted by molar-refractivity contribution is 7.99. The molecule has 0 saturated heterocycles. The normalized spacial score (nSPS) is 12.3. The van der Waals surface area contributed by atoms with Crippen molar-refractivity contribution in [1.82, 2.24) is 19.7 Å². The molecule has 0 spiro atoms. The van der Waals surface area contributed by atoms with Crippen LogP contribution in [0.5, 0.6) is 0 Å². The number of thioether (sulfide) groups is 1. The lowest BCUT2D eigenvalue weighted by molar-refractivity contribution is -0.141. The lowest BCUT2D eigenvalue weighted by Crippen LogP contribution is -2.09. The monoisotopic (exact) mass is 358 g/mol. The Morgan fingerprint density at radius 3 is 2.65 bits per heavy atom. The summed E-state index contributed by atoms with van der Waals surface area (Å²) in [4.78, 5) is 7.53. The lowest BCUT2D eigenvalue weighted by atomic mass is 10.3. The predicted molar refractivity (Wildman–Crippen MR) is 85.8 cm³/mol. The van der Waals surface area contributed by atoms with Crippen LogP contribution in [0.3, 0.4) is 0 Å². The molecule has 0 bridgehead atoms. The smallest absolute Gasteiger partial charge is 0.310 e. The van der Waals surface area contributed by atoms with Gasteiger partial charge in [0, 0.05) is 22.9 Å². The molecule has 0 atom stereocenters. The van der Waals surface area contributed by atoms with E-state index in [1.165, 1.54) is 0 Å². The quantitative estimate of drug-likeness (QED) is 0.645. The van der Waals surface area contributed by atoms with Gasteiger partial charge in [-0.1, -0.05) is 6.92 Å². The van der Waals surface area contributed by atoms with Crippen molar-refractivity contribution in [3.63, 3.8) is 0 Å². The summed E-state index contributed by atoms with van der Waals surface area (Å²) in [7, 11) is 1.74. The molecule has 3 aromatic rings. The standard InChI is InChI=1S/C14H13F3N4S2/c1-4-22-9-5-7(2)23-11(9)13-18-8-6-10(14(15,16)17)19-20-12(8)21(13)3/h5-6H,4H2,1-3H3. The van der Waals surface area contributed by atoms with Gasteiger partial charge in [-0.25, -0.2) is 4.98 Å². The number of alkyl halides is 3. The molecule has 0 saturated carbocycles. The molecule has 23 heavy (non-hydrogen) atoms. The molecule has 9 heteroatoms. The van der Waals surface area contributed by atoms with Gasteiger partial charge in [-0.15, -0.1) is 33.3 Å². The Bertz CT molecular complexity index is 867. The number of nitrogens with zero attached hydrogens (tertiary/aromatic N) is 4. The van der Waals surface area contributed by atoms with Crippen LogP contribution in [0.2, 0.25) is 0 Å². The number of hydrogen-bond donors (Lipinski definition) is 0. The summed E-state index contributed by atoms with van der Waals surface area (Å²) in [6.07, 6.45) is -4.53. The van der Waals surface area contributed by atoms with E-state index in [4.69, 9.17) is 0 Å². The fourth-order valence-electron chi connectivity index (χ4n) is 2.24. The highest BCUT2D eigenvalue weighted by Gasteiger charge is 2.34. The number of rotatable bonds is 3. The second-order valence-corrected chi connectivity index (χ2v) is 7.48. The second kappa shape index (κ2) is 5.79. The molecule has 0 N–H and O–H groups in total. The van der Waals surface area contributed by atoms with Crippen LogP contribution in [0.4, 0.5) is 13.2 Å². The van der Waals surface area contributed by atoms with Gasteiger partial charge >= 0.3 is 6.18 Å². The zero-order chi connectivity index (χ0) is 16.8. The number of hydrogen-bond acceptors (Lipinski definition) is 5. The Hall–Kier alpha value is -1.61. The van der Waals surface area contributed by atoms with Gasteiger partial charge in [-0.05, 0) is 18.7 Å². The topological polar surface area (TPSA) is 43.6 Å². The van der Waals surface area contributed by atoms with Gasteiger partial charge in [0.1, 0.15) is 5.52 Å². The van der Waals surface area contributed by atoms with Crippen LogP contribution in [-0.2, 0) is 13.2 Å². The Morgan fingerprint density at radius 2 is 2.00 bits per heavy atom. The molecule has 0 radical (unpaired) electrons. The first kappa shape index (κ1) is 16.3. The maximum atomic E-state index is 12.8. The molecular weight excluding hydrogens is 345 g/mol. The summed E-state index contributed by atoms with van der Waals surface area (Å²) in [6.45, 7) is 4.05. The van der Waals surface area contributed by atoms with Gasteiger partial charge in [0.05, 0.1) is 4.88 Å². The van der Waals surface area contributed by atoms with Crippen LogP contribution < -0.4 is 0 Å². The molecule has 0 aliphatic carbocycles. The minimum Gasteiger partial charge on any atom is -0.310 e. The fraction of sp³-hybridized carbons (Fsp3) is 0.357. The van der Waals surface area contributed by atoms with E-state index < -0.39 is 11.9 Å². The summed E-state index contributed by atoms with van der Waals surface area (Å²) in [5.41, 5.74) is -0.491. The van der Waals surface area contributed by atoms with Crippen molar-refractivity contribution in [2.24, 2.45) is 7.05 Å². The highest BCUT2D eigenvalue weighted by atomic mass is 32.2. The van der Waals surface area contributed by atoms with Crippen LogP contribution in [0.1, 0.15) is 17.5 Å². The van der Waals surface area contributed by atoms with E-state index in [0.717, 1.165) is 26.5 Å². The van der Waals surface area contributed by atoms with Gasteiger partial charge in [0.2, 0.25) is 0 Å². The highest BCUT2D eigenvalue weighted by Crippen LogP contribution is 2.39. The van der Waals surface area contributed by atoms with Crippen LogP contribution in [0.15, 0.2) is 17.0 Å². The van der Waals surface area contributed by atoms with E-state index in [0.29, 0.717) is 11.5 Å². The molecule has 0 unspecified atom stereocenters. The molecular formula is C14H13F3N4S2. The number of imidazole rings is 1. The third-order valence-electron chi connectivity index (χ3n) is 3.23. The summed E-state index contributed by atoms with van der Waals surface area (Å²) in [5.74, 6) is 1.52. The van der Waals surface area contributed by atoms with Crippen molar-refractivity contribution in [2.75, 3.05) is 5.75 Å². The largest absolute Gasteiger partial charge is 0.435 e. The first-order valence-electron chi connectivity index (χ1n) is 6.82. The van der Waals surface area contributed by atoms with Gasteiger partial charge in [0.15, 0.2) is 17.2 Å². The molecule has 3 rings (SSSR count). The van der Waals surface area contributed by atoms with Crippen LogP contribution in [0, 0.1) is 6.92 Å². The van der Waals surface area contributed by atoms with E-state index in [1.807, 2.05) is 6.92 Å². The zero-order valence-corrected chi connectivity index (χ0v) is 14.2. The molecule has 4 nitrogen and oxygen atoms in total. The minimum absolute atomic E-state index is 0.198. The number of halogens is 3. The van der Waals surface area contributed by atoms with Gasteiger partial charge in [0.25, 0.3) is 0 Å². The van der Waals surface area contributed by atoms with Crippen molar-refractivity contribution in [3.05, 3.63) is 22.7 Å². The van der Waals surface area contributed by atoms with E-state index >= 15 is 0 Å². The molecule has 0 amide bonds. The molecule has 0 aromatic carbocycles. The summed E-state index contributed by atoms with van der Waals surface area (Å²) in [6, 6.07) is 3.01. The van der Waals surface area contributed by atoms with Crippen LogP contribution in [-0.4, -0.2) is 25.5 Å². The average Bonchev–Trinajstić information content (AvgIpc) is 2.99. The molecule has 0 aliphatic rings. The number of aryl methyl sites for hydroxylation is 2. The van der Waals surface area contributed by atoms with E-state index in [1.54, 1.807) is 34.7 Å². The van der Waals surface area contributed by atoms with Gasteiger partial charge in [-0.3, -0.25) is 0 Å². The molecule has 122 valence electrons. The Morgan fingerprint density at radius 1 is 1.26 bits per heavy atom. The van der Waals surface area contributed by atoms with Crippen LogP contribution in [0.25, 0.3) is 21.9 Å². The fourth-order valence-corrected chi connectivity index (χ4v) is 4.34. The maximum Gasteiger partial charge on any atom is 0.435 e. The number of thiophene rings is 1. The van der Waals surface area contributed by atoms with E-state index in [-0.39, 0.29) is 5.52 Å². The van der Waals surface area contributed by atoms with Crippen molar-refractivity contribution >= 4 is 34.3 Å². The number of aromatic nitrogens is 4. The minimum atomic E-state index is -4.53. The van der Waals surface area contributed by atoms with Crippen molar-refractivity contribution in [1.29, 1.82) is 0 Å². The second-order valence-electron chi connectivity index (χ2n) is 4.91. The molecule has 3 heterocycles. The first-order valence-corrected chi connectivity index (χ1v) is 8.62. The third-order valence-corrected chi connectivity index (χ3v) is 5.33. The Labute approximate surface area is 138 Å². The molecule has 3 aromatic heterocycles. The Balaban J connectivity index is 2.17. The third kappa shape index (κ3) is 2.94. The van der Waals surface area contributed by atoms with E-state index in [9.17, 15) is 13.2 Å². The summed E-state index contributed by atoms with van der Waals surface area (Å²) < 4.78 is 40.0. The van der Waals surface area contributed by atoms with Gasteiger partial charge < -0.3 is 4.57 Å². The predicted octanol–water partition coefficient (Wildman–Crippen LogP) is 4.53. The van der Waals surface area contributed by atoms with Crippen molar-refractivity contribution < 1.29 is 13.2 Å². The Kier molecular flexibility index (Phi) is 4.09. The van der Waals surface area contributed by atoms with Crippen molar-refractivity contribution in [2.45, 2.75) is 24.9 Å². The average molecular weight is 358 g/mol. The lowest BCUT2D eigenvalue weighted by Gasteiger charge is -2.04. The number of fused-ring (bicyclic) bond motifs is 1.